The number of carbonyl (C=O) groups excluding carboxylic acids is 3. The molecule has 0 aliphatic rings. The minimum atomic E-state index is -0.684. The molecule has 1 aromatic carbocycles. The number of ether oxygens (including phenoxy) is 2. The van der Waals surface area contributed by atoms with Crippen LogP contribution in [0.15, 0.2) is 41.0 Å². The molecule has 0 radical (unpaired) electrons. The number of fused-ring (bicyclic) bond motifs is 2. The van der Waals surface area contributed by atoms with Crippen LogP contribution in [0.25, 0.3) is 22.2 Å². The number of aryl methyl sites for hydroxylation is 2. The van der Waals surface area contributed by atoms with Gasteiger partial charge >= 0.3 is 5.97 Å². The van der Waals surface area contributed by atoms with Crippen LogP contribution in [0.3, 0.4) is 0 Å². The highest BCUT2D eigenvalue weighted by Gasteiger charge is 2.23. The number of nitrogens with two attached hydrogens (primary N) is 2. The molecule has 0 saturated heterocycles. The lowest BCUT2D eigenvalue weighted by Crippen LogP contribution is -2.17. The number of primary amides is 1. The summed E-state index contributed by atoms with van der Waals surface area (Å²) in [4.78, 5) is 54.9. The second-order valence-electron chi connectivity index (χ2n) is 10.1. The minimum absolute atomic E-state index is 0.0664. The highest BCUT2D eigenvalue weighted by molar-refractivity contribution is 6.04. The Morgan fingerprint density at radius 3 is 2.50 bits per heavy atom. The highest BCUT2D eigenvalue weighted by atomic mass is 16.5. The van der Waals surface area contributed by atoms with E-state index in [1.54, 1.807) is 22.1 Å². The topological polar surface area (TPSA) is 229 Å². The van der Waals surface area contributed by atoms with Crippen LogP contribution < -0.4 is 21.5 Å². The van der Waals surface area contributed by atoms with Crippen molar-refractivity contribution in [3.05, 3.63) is 65.0 Å². The van der Waals surface area contributed by atoms with E-state index >= 15 is 0 Å². The van der Waals surface area contributed by atoms with E-state index < -0.39 is 17.8 Å². The molecule has 0 atom stereocenters. The van der Waals surface area contributed by atoms with Crippen molar-refractivity contribution in [2.45, 2.75) is 39.8 Å². The molecule has 0 bridgehead atoms. The van der Waals surface area contributed by atoms with Gasteiger partial charge in [0.2, 0.25) is 23.6 Å². The fourth-order valence-corrected chi connectivity index (χ4v) is 4.85. The predicted molar refractivity (Wildman–Crippen MR) is 166 cm³/mol. The first-order valence-electron chi connectivity index (χ1n) is 14.4. The van der Waals surface area contributed by atoms with E-state index in [1.807, 2.05) is 19.1 Å². The highest BCUT2D eigenvalue weighted by Crippen LogP contribution is 2.31. The molecule has 4 heterocycles. The van der Waals surface area contributed by atoms with Crippen LogP contribution in [0.4, 0.5) is 11.9 Å². The number of allylic oxidation sites excluding steroid dienone is 2. The van der Waals surface area contributed by atoms with Gasteiger partial charge in [-0.25, -0.2) is 24.7 Å². The fourth-order valence-electron chi connectivity index (χ4n) is 4.85. The SMILES string of the molecule is CCc1nc(C)oc1C(=O)Nc1nc2cc(C(N)=O)cc(OCCCO)c2n1C/C=C/Cn1c(N)nc2cc(C(=O)OC)cnc21. The van der Waals surface area contributed by atoms with Crippen molar-refractivity contribution >= 4 is 51.9 Å². The second kappa shape index (κ2) is 13.5. The van der Waals surface area contributed by atoms with Crippen molar-refractivity contribution in [2.24, 2.45) is 5.73 Å². The number of esters is 1. The Hall–Kier alpha value is -5.77. The lowest BCUT2D eigenvalue weighted by Gasteiger charge is -2.12. The molecule has 0 unspecified atom stereocenters. The molecule has 5 rings (SSSR count). The van der Waals surface area contributed by atoms with Crippen LogP contribution in [0.5, 0.6) is 5.75 Å². The van der Waals surface area contributed by atoms with E-state index in [2.05, 4.69) is 25.3 Å². The van der Waals surface area contributed by atoms with Gasteiger partial charge in [-0.2, -0.15) is 0 Å². The maximum absolute atomic E-state index is 13.3. The summed E-state index contributed by atoms with van der Waals surface area (Å²) in [6.07, 6.45) is 5.86. The predicted octanol–water partition coefficient (Wildman–Crippen LogP) is 2.38. The number of hydrogen-bond acceptors (Lipinski definition) is 12. The third kappa shape index (κ3) is 6.37. The molecule has 16 nitrogen and oxygen atoms in total. The molecule has 2 amide bonds. The molecule has 0 aliphatic heterocycles. The summed E-state index contributed by atoms with van der Waals surface area (Å²) in [5, 5.41) is 12.1. The number of hydrogen-bond donors (Lipinski definition) is 4. The number of rotatable bonds is 13. The summed E-state index contributed by atoms with van der Waals surface area (Å²) in [5.74, 6) is -0.710. The van der Waals surface area contributed by atoms with Crippen LogP contribution in [0.1, 0.15) is 56.2 Å². The average Bonchev–Trinajstić information content (AvgIpc) is 3.70. The third-order valence-corrected chi connectivity index (χ3v) is 7.00. The molecule has 0 fully saturated rings. The average molecular weight is 632 g/mol. The number of pyridine rings is 1. The number of anilines is 2. The van der Waals surface area contributed by atoms with Gasteiger partial charge in [0.05, 0.1) is 30.5 Å². The maximum atomic E-state index is 13.3. The van der Waals surface area contributed by atoms with Crippen LogP contribution in [0.2, 0.25) is 0 Å². The molecule has 0 saturated carbocycles. The Kier molecular flexibility index (Phi) is 9.27. The molecular formula is C30H33N9O7. The number of oxazole rings is 1. The van der Waals surface area contributed by atoms with Crippen LogP contribution in [0, 0.1) is 6.92 Å². The summed E-state index contributed by atoms with van der Waals surface area (Å²) in [6, 6.07) is 4.56. The molecule has 4 aromatic heterocycles. The van der Waals surface area contributed by atoms with Gasteiger partial charge in [-0.05, 0) is 24.6 Å². The number of nitrogens with zero attached hydrogens (tertiary/aromatic N) is 6. The van der Waals surface area contributed by atoms with Crippen molar-refractivity contribution in [2.75, 3.05) is 31.4 Å². The van der Waals surface area contributed by atoms with Crippen molar-refractivity contribution in [1.29, 1.82) is 0 Å². The number of methoxy groups -OCH3 is 1. The summed E-state index contributed by atoms with van der Waals surface area (Å²) in [6.45, 7) is 4.06. The van der Waals surface area contributed by atoms with Crippen molar-refractivity contribution in [3.63, 3.8) is 0 Å². The molecule has 0 spiro atoms. The molecule has 16 heteroatoms. The van der Waals surface area contributed by atoms with Crippen molar-refractivity contribution in [3.8, 4) is 5.75 Å². The molecule has 46 heavy (non-hydrogen) atoms. The largest absolute Gasteiger partial charge is 0.491 e. The van der Waals surface area contributed by atoms with Gasteiger partial charge in [0.25, 0.3) is 5.91 Å². The van der Waals surface area contributed by atoms with Gasteiger partial charge in [-0.15, -0.1) is 0 Å². The zero-order chi connectivity index (χ0) is 33.0. The second-order valence-corrected chi connectivity index (χ2v) is 10.1. The molecular weight excluding hydrogens is 598 g/mol. The number of benzene rings is 1. The van der Waals surface area contributed by atoms with Crippen LogP contribution in [-0.4, -0.2) is 72.3 Å². The first kappa shape index (κ1) is 31.6. The number of aliphatic hydroxyl groups is 1. The molecule has 240 valence electrons. The minimum Gasteiger partial charge on any atom is -0.491 e. The standard InChI is InChI=1S/C30H33N9O7/c1-4-19-24(46-16(2)34-19)27(42)37-30-36-20-12-17(25(31)41)14-22(45-11-7-10-40)23(20)38(30)8-5-6-9-39-26-21(35-29(39)32)13-18(15-33-26)28(43)44-3/h5-6,12-15,40H,4,7-11H2,1-3H3,(H2,31,41)(H2,32,35)(H,36,37,42)/b6-5+. The lowest BCUT2D eigenvalue weighted by atomic mass is 10.1. The number of carbonyl (C=O) groups is 3. The monoisotopic (exact) mass is 631 g/mol. The summed E-state index contributed by atoms with van der Waals surface area (Å²) in [7, 11) is 1.28. The molecule has 5 aromatic rings. The summed E-state index contributed by atoms with van der Waals surface area (Å²) in [5.41, 5.74) is 14.4. The van der Waals surface area contributed by atoms with Crippen molar-refractivity contribution < 1.29 is 33.4 Å². The Morgan fingerprint density at radius 1 is 1.07 bits per heavy atom. The number of aromatic nitrogens is 6. The van der Waals surface area contributed by atoms with Gasteiger partial charge in [-0.3, -0.25) is 19.5 Å². The van der Waals surface area contributed by atoms with Gasteiger partial charge in [-0.1, -0.05) is 19.1 Å². The van der Waals surface area contributed by atoms with E-state index in [1.165, 1.54) is 25.4 Å². The smallest absolute Gasteiger partial charge is 0.339 e. The van der Waals surface area contributed by atoms with E-state index in [0.717, 1.165) is 0 Å². The lowest BCUT2D eigenvalue weighted by molar-refractivity contribution is 0.0600. The number of nitrogen functional groups attached to an aromatic ring is 1. The van der Waals surface area contributed by atoms with Gasteiger partial charge in [0, 0.05) is 44.8 Å². The van der Waals surface area contributed by atoms with Gasteiger partial charge < -0.3 is 35.0 Å². The molecule has 6 N–H and O–H groups in total. The summed E-state index contributed by atoms with van der Waals surface area (Å²) < 4.78 is 19.6. The number of aliphatic hydroxyl groups excluding tert-OH is 1. The van der Waals surface area contributed by atoms with E-state index in [-0.39, 0.29) is 55.1 Å². The number of nitrogens with one attached hydrogen (secondary N) is 1. The first-order chi connectivity index (χ1) is 22.1. The van der Waals surface area contributed by atoms with Crippen LogP contribution in [-0.2, 0) is 24.2 Å². The Labute approximate surface area is 262 Å². The van der Waals surface area contributed by atoms with Crippen LogP contribution >= 0.6 is 0 Å². The van der Waals surface area contributed by atoms with E-state index in [9.17, 15) is 19.5 Å². The normalized spacial score (nSPS) is 11.5. The Bertz CT molecular complexity index is 1970. The third-order valence-electron chi connectivity index (χ3n) is 7.00. The van der Waals surface area contributed by atoms with Gasteiger partial charge in [0.15, 0.2) is 11.5 Å². The first-order valence-corrected chi connectivity index (χ1v) is 14.4. The number of imidazole rings is 2. The zero-order valence-corrected chi connectivity index (χ0v) is 25.4. The fraction of sp³-hybridized carbons (Fsp3) is 0.300. The van der Waals surface area contributed by atoms with Gasteiger partial charge in [0.1, 0.15) is 16.8 Å². The quantitative estimate of drug-likeness (QED) is 0.0834. The Balaban J connectivity index is 1.51. The number of amides is 2. The van der Waals surface area contributed by atoms with E-state index in [0.29, 0.717) is 52.4 Å². The summed E-state index contributed by atoms with van der Waals surface area (Å²) >= 11 is 0. The maximum Gasteiger partial charge on any atom is 0.339 e. The Morgan fingerprint density at radius 2 is 1.80 bits per heavy atom. The molecule has 0 aliphatic carbocycles. The van der Waals surface area contributed by atoms with Crippen molar-refractivity contribution in [1.82, 2.24) is 29.1 Å². The zero-order valence-electron chi connectivity index (χ0n) is 25.4. The van der Waals surface area contributed by atoms with E-state index in [4.69, 9.17) is 25.4 Å².